The molecule has 1 aliphatic rings. The molecule has 106 valence electrons. The number of nitrogens with zero attached hydrogens (tertiary/aromatic N) is 2. The van der Waals surface area contributed by atoms with Crippen molar-refractivity contribution in [3.05, 3.63) is 11.6 Å². The van der Waals surface area contributed by atoms with Crippen LogP contribution in [0.2, 0.25) is 0 Å². The Morgan fingerprint density at radius 1 is 1.58 bits per heavy atom. The van der Waals surface area contributed by atoms with Gasteiger partial charge in [0.15, 0.2) is 5.13 Å². The third-order valence-corrected chi connectivity index (χ3v) is 4.08. The standard InChI is InChI=1S/C14H23N3OS/c1-14(2,3)9-12(18)16-10-11-5-4-7-17(11)13-15-6-8-19-13/h6,8,11H,4-5,7,9-10H2,1-3H3,(H,16,18). The van der Waals surface area contributed by atoms with Crippen molar-refractivity contribution in [3.8, 4) is 0 Å². The minimum Gasteiger partial charge on any atom is -0.354 e. The van der Waals surface area contributed by atoms with Gasteiger partial charge in [0.05, 0.1) is 0 Å². The first-order valence-electron chi connectivity index (χ1n) is 6.88. The highest BCUT2D eigenvalue weighted by atomic mass is 32.1. The molecular weight excluding hydrogens is 258 g/mol. The lowest BCUT2D eigenvalue weighted by Gasteiger charge is -2.25. The van der Waals surface area contributed by atoms with E-state index < -0.39 is 0 Å². The van der Waals surface area contributed by atoms with Gasteiger partial charge in [0, 0.05) is 37.1 Å². The molecule has 0 saturated carbocycles. The van der Waals surface area contributed by atoms with Gasteiger partial charge in [0.25, 0.3) is 0 Å². The Morgan fingerprint density at radius 3 is 3.00 bits per heavy atom. The van der Waals surface area contributed by atoms with Crippen LogP contribution in [0.3, 0.4) is 0 Å². The van der Waals surface area contributed by atoms with Crippen LogP contribution in [-0.2, 0) is 4.79 Å². The van der Waals surface area contributed by atoms with Gasteiger partial charge in [-0.25, -0.2) is 4.98 Å². The minimum atomic E-state index is 0.0504. The number of carbonyl (C=O) groups is 1. The Morgan fingerprint density at radius 2 is 2.37 bits per heavy atom. The number of amides is 1. The van der Waals surface area contributed by atoms with Gasteiger partial charge < -0.3 is 10.2 Å². The molecule has 1 fully saturated rings. The quantitative estimate of drug-likeness (QED) is 0.923. The van der Waals surface area contributed by atoms with Gasteiger partial charge >= 0.3 is 0 Å². The van der Waals surface area contributed by atoms with Crippen molar-refractivity contribution in [3.63, 3.8) is 0 Å². The first kappa shape index (κ1) is 14.3. The third-order valence-electron chi connectivity index (χ3n) is 3.27. The van der Waals surface area contributed by atoms with E-state index in [0.717, 1.165) is 24.6 Å². The molecule has 1 amide bonds. The van der Waals surface area contributed by atoms with E-state index in [1.807, 2.05) is 11.6 Å². The topological polar surface area (TPSA) is 45.2 Å². The molecule has 1 aromatic rings. The molecule has 0 aromatic carbocycles. The average Bonchev–Trinajstić information content (AvgIpc) is 2.94. The number of rotatable bonds is 4. The summed E-state index contributed by atoms with van der Waals surface area (Å²) in [5.74, 6) is 0.151. The molecule has 1 N–H and O–H groups in total. The summed E-state index contributed by atoms with van der Waals surface area (Å²) in [6.45, 7) is 8.04. The molecule has 19 heavy (non-hydrogen) atoms. The lowest BCUT2D eigenvalue weighted by atomic mass is 9.92. The summed E-state index contributed by atoms with van der Waals surface area (Å²) >= 11 is 1.67. The molecule has 0 radical (unpaired) electrons. The summed E-state index contributed by atoms with van der Waals surface area (Å²) in [5, 5.41) is 6.15. The lowest BCUT2D eigenvalue weighted by Crippen LogP contribution is -2.41. The summed E-state index contributed by atoms with van der Waals surface area (Å²) < 4.78 is 0. The molecule has 2 heterocycles. The average molecular weight is 281 g/mol. The van der Waals surface area contributed by atoms with Crippen molar-refractivity contribution in [2.75, 3.05) is 18.0 Å². The van der Waals surface area contributed by atoms with Gasteiger partial charge in [0.1, 0.15) is 0 Å². The summed E-state index contributed by atoms with van der Waals surface area (Å²) in [6, 6.07) is 0.398. The van der Waals surface area contributed by atoms with Crippen LogP contribution in [0, 0.1) is 5.41 Å². The SMILES string of the molecule is CC(C)(C)CC(=O)NCC1CCCN1c1nccs1. The van der Waals surface area contributed by atoms with Crippen molar-refractivity contribution < 1.29 is 4.79 Å². The fourth-order valence-corrected chi connectivity index (χ4v) is 3.17. The second-order valence-electron chi connectivity index (χ2n) is 6.35. The zero-order valence-electron chi connectivity index (χ0n) is 12.0. The van der Waals surface area contributed by atoms with Crippen LogP contribution < -0.4 is 10.2 Å². The molecule has 4 nitrogen and oxygen atoms in total. The maximum Gasteiger partial charge on any atom is 0.220 e. The smallest absolute Gasteiger partial charge is 0.220 e. The van der Waals surface area contributed by atoms with Gasteiger partial charge in [-0.1, -0.05) is 20.8 Å². The highest BCUT2D eigenvalue weighted by molar-refractivity contribution is 7.13. The van der Waals surface area contributed by atoms with E-state index in [9.17, 15) is 4.79 Å². The Hall–Kier alpha value is -1.10. The van der Waals surface area contributed by atoms with Gasteiger partial charge in [-0.05, 0) is 18.3 Å². The number of hydrogen-bond acceptors (Lipinski definition) is 4. The van der Waals surface area contributed by atoms with Gasteiger partial charge in [0.2, 0.25) is 5.91 Å². The number of thiazole rings is 1. The normalized spacial score (nSPS) is 19.7. The second-order valence-corrected chi connectivity index (χ2v) is 7.22. The highest BCUT2D eigenvalue weighted by Crippen LogP contribution is 2.26. The van der Waals surface area contributed by atoms with Crippen LogP contribution in [0.1, 0.15) is 40.0 Å². The lowest BCUT2D eigenvalue weighted by molar-refractivity contribution is -0.122. The van der Waals surface area contributed by atoms with E-state index in [1.165, 1.54) is 6.42 Å². The van der Waals surface area contributed by atoms with Crippen LogP contribution >= 0.6 is 11.3 Å². The Balaban J connectivity index is 1.84. The largest absolute Gasteiger partial charge is 0.354 e. The number of anilines is 1. The molecule has 5 heteroatoms. The Bertz CT molecular complexity index is 411. The van der Waals surface area contributed by atoms with Crippen molar-refractivity contribution in [1.82, 2.24) is 10.3 Å². The minimum absolute atomic E-state index is 0.0504. The van der Waals surface area contributed by atoms with E-state index in [1.54, 1.807) is 11.3 Å². The van der Waals surface area contributed by atoms with E-state index in [0.29, 0.717) is 12.5 Å². The summed E-state index contributed by atoms with van der Waals surface area (Å²) in [4.78, 5) is 18.6. The molecule has 1 atom stereocenters. The fourth-order valence-electron chi connectivity index (χ4n) is 2.43. The molecule has 1 unspecified atom stereocenters. The van der Waals surface area contributed by atoms with Crippen LogP contribution in [0.5, 0.6) is 0 Å². The highest BCUT2D eigenvalue weighted by Gasteiger charge is 2.27. The summed E-state index contributed by atoms with van der Waals surface area (Å²) in [5.41, 5.74) is 0.0504. The Kier molecular flexibility index (Phi) is 4.45. The monoisotopic (exact) mass is 281 g/mol. The van der Waals surface area contributed by atoms with Crippen molar-refractivity contribution in [2.24, 2.45) is 5.41 Å². The molecule has 1 aromatic heterocycles. The number of hydrogen-bond donors (Lipinski definition) is 1. The predicted octanol–water partition coefficient (Wildman–Crippen LogP) is 2.66. The van der Waals surface area contributed by atoms with Gasteiger partial charge in [-0.15, -0.1) is 11.3 Å². The molecular formula is C14H23N3OS. The fraction of sp³-hybridized carbons (Fsp3) is 0.714. The zero-order valence-corrected chi connectivity index (χ0v) is 12.8. The van der Waals surface area contributed by atoms with E-state index >= 15 is 0 Å². The van der Waals surface area contributed by atoms with Crippen molar-refractivity contribution in [2.45, 2.75) is 46.1 Å². The maximum absolute atomic E-state index is 11.9. The molecule has 0 spiro atoms. The van der Waals surface area contributed by atoms with Crippen LogP contribution in [0.25, 0.3) is 0 Å². The molecule has 0 aliphatic carbocycles. The van der Waals surface area contributed by atoms with Crippen molar-refractivity contribution >= 4 is 22.4 Å². The molecule has 1 saturated heterocycles. The number of nitrogens with one attached hydrogen (secondary N) is 1. The van der Waals surface area contributed by atoms with Crippen molar-refractivity contribution in [1.29, 1.82) is 0 Å². The zero-order chi connectivity index (χ0) is 13.9. The molecule has 0 bridgehead atoms. The molecule has 2 rings (SSSR count). The number of aromatic nitrogens is 1. The molecule has 1 aliphatic heterocycles. The van der Waals surface area contributed by atoms with Crippen LogP contribution in [0.15, 0.2) is 11.6 Å². The number of carbonyl (C=O) groups excluding carboxylic acids is 1. The predicted molar refractivity (Wildman–Crippen MR) is 79.6 cm³/mol. The third kappa shape index (κ3) is 4.20. The van der Waals surface area contributed by atoms with Gasteiger partial charge in [-0.3, -0.25) is 4.79 Å². The van der Waals surface area contributed by atoms with E-state index in [2.05, 4.69) is 36.0 Å². The summed E-state index contributed by atoms with van der Waals surface area (Å²) in [7, 11) is 0. The maximum atomic E-state index is 11.9. The van der Waals surface area contributed by atoms with Gasteiger partial charge in [-0.2, -0.15) is 0 Å². The van der Waals surface area contributed by atoms with Crippen LogP contribution in [-0.4, -0.2) is 30.0 Å². The van der Waals surface area contributed by atoms with Crippen LogP contribution in [0.4, 0.5) is 5.13 Å². The first-order valence-corrected chi connectivity index (χ1v) is 7.76. The second kappa shape index (κ2) is 5.90. The van der Waals surface area contributed by atoms with E-state index in [-0.39, 0.29) is 11.3 Å². The Labute approximate surface area is 119 Å². The summed E-state index contributed by atoms with van der Waals surface area (Å²) in [6.07, 6.45) is 4.74. The van der Waals surface area contributed by atoms with E-state index in [4.69, 9.17) is 0 Å². The first-order chi connectivity index (χ1) is 8.96.